The number of hydrogen-bond acceptors (Lipinski definition) is 3. The Morgan fingerprint density at radius 2 is 0.844 bits per heavy atom. The van der Waals surface area contributed by atoms with Gasteiger partial charge in [-0.3, -0.25) is 14.5 Å². The van der Waals surface area contributed by atoms with E-state index in [-0.39, 0.29) is 0 Å². The van der Waals surface area contributed by atoms with E-state index in [1.165, 1.54) is 0 Å². The molecule has 0 aliphatic heterocycles. The van der Waals surface area contributed by atoms with Crippen molar-refractivity contribution >= 4 is 49.3 Å². The molecule has 64 heavy (non-hydrogen) atoms. The van der Waals surface area contributed by atoms with Crippen LogP contribution in [0.5, 0.6) is 0 Å². The summed E-state index contributed by atoms with van der Waals surface area (Å²) in [6.45, 7) is 7.96. The molecule has 298 valence electrons. The Kier molecular flexibility index (Phi) is 8.77. The molecule has 6 nitrogen and oxygen atoms in total. The first-order chi connectivity index (χ1) is 31.7. The lowest BCUT2D eigenvalue weighted by molar-refractivity contribution is 1.06. The average Bonchev–Trinajstić information content (AvgIpc) is 3.89. The molecule has 0 radical (unpaired) electrons. The fourth-order valence-corrected chi connectivity index (χ4v) is 9.21. The van der Waals surface area contributed by atoms with Crippen LogP contribution in [0, 0.1) is 6.57 Å². The van der Waals surface area contributed by atoms with Crippen molar-refractivity contribution in [3.63, 3.8) is 0 Å². The van der Waals surface area contributed by atoms with Crippen LogP contribution in [0.1, 0.15) is 0 Å². The molecule has 0 spiro atoms. The molecule has 0 aliphatic rings. The van der Waals surface area contributed by atoms with Crippen molar-refractivity contribution in [3.05, 3.63) is 230 Å². The third kappa shape index (κ3) is 6.22. The predicted molar refractivity (Wildman–Crippen MR) is 262 cm³/mol. The summed E-state index contributed by atoms with van der Waals surface area (Å²) >= 11 is 0. The molecular formula is C58H36N6. The minimum absolute atomic E-state index is 0.575. The van der Waals surface area contributed by atoms with Crippen LogP contribution >= 0.6 is 0 Å². The molecule has 7 aromatic carbocycles. The molecule has 0 aliphatic carbocycles. The zero-order valence-electron chi connectivity index (χ0n) is 34.5. The van der Waals surface area contributed by atoms with E-state index in [0.717, 1.165) is 111 Å². The molecule has 6 heteroatoms. The largest absolute Gasteiger partial charge is 0.307 e. The highest BCUT2D eigenvalue weighted by Crippen LogP contribution is 2.41. The Bertz CT molecular complexity index is 3770. The Morgan fingerprint density at radius 1 is 0.344 bits per heavy atom. The van der Waals surface area contributed by atoms with Crippen LogP contribution in [0.15, 0.2) is 219 Å². The number of rotatable bonds is 7. The molecule has 0 fully saturated rings. The van der Waals surface area contributed by atoms with Crippen LogP contribution in [0.4, 0.5) is 5.69 Å². The van der Waals surface area contributed by atoms with Gasteiger partial charge in [-0.1, -0.05) is 152 Å². The van der Waals surface area contributed by atoms with Crippen molar-refractivity contribution in [2.45, 2.75) is 0 Å². The zero-order chi connectivity index (χ0) is 42.6. The number of hydrogen-bond donors (Lipinski definition) is 0. The molecule has 0 unspecified atom stereocenters. The van der Waals surface area contributed by atoms with Gasteiger partial charge >= 0.3 is 0 Å². The summed E-state index contributed by atoms with van der Waals surface area (Å²) in [4.78, 5) is 18.9. The van der Waals surface area contributed by atoms with Gasteiger partial charge in [0.2, 0.25) is 0 Å². The summed E-state index contributed by atoms with van der Waals surface area (Å²) in [6, 6.07) is 69.4. The Hall–Kier alpha value is -8.92. The van der Waals surface area contributed by atoms with Gasteiger partial charge < -0.3 is 4.57 Å². The normalized spacial score (nSPS) is 11.4. The second kappa shape index (κ2) is 15.2. The summed E-state index contributed by atoms with van der Waals surface area (Å²) in [7, 11) is 0. The summed E-state index contributed by atoms with van der Waals surface area (Å²) in [6.07, 6.45) is 5.92. The molecule has 0 amide bonds. The van der Waals surface area contributed by atoms with Crippen LogP contribution in [0.25, 0.3) is 116 Å². The fraction of sp³-hybridized carbons (Fsp3) is 0. The third-order valence-corrected chi connectivity index (χ3v) is 12.3. The van der Waals surface area contributed by atoms with E-state index in [1.54, 1.807) is 0 Å². The van der Waals surface area contributed by atoms with Crippen molar-refractivity contribution in [1.82, 2.24) is 24.1 Å². The molecule has 5 heterocycles. The Morgan fingerprint density at radius 3 is 1.41 bits per heavy atom. The molecular weight excluding hydrogens is 781 g/mol. The predicted octanol–water partition coefficient (Wildman–Crippen LogP) is 15.0. The van der Waals surface area contributed by atoms with Crippen molar-refractivity contribution in [1.29, 1.82) is 0 Å². The monoisotopic (exact) mass is 816 g/mol. The zero-order valence-corrected chi connectivity index (χ0v) is 34.5. The number of aromatic nitrogens is 5. The van der Waals surface area contributed by atoms with Gasteiger partial charge in [-0.2, -0.15) is 0 Å². The van der Waals surface area contributed by atoms with Gasteiger partial charge in [-0.25, -0.2) is 9.83 Å². The lowest BCUT2D eigenvalue weighted by Crippen LogP contribution is -2.03. The van der Waals surface area contributed by atoms with Gasteiger partial charge in [-0.15, -0.1) is 0 Å². The van der Waals surface area contributed by atoms with Gasteiger partial charge in [0.25, 0.3) is 0 Å². The molecule has 12 rings (SSSR count). The van der Waals surface area contributed by atoms with Gasteiger partial charge in [0.1, 0.15) is 5.82 Å². The molecule has 0 saturated carbocycles. The maximum absolute atomic E-state index is 7.96. The van der Waals surface area contributed by atoms with Crippen molar-refractivity contribution in [2.75, 3.05) is 0 Å². The lowest BCUT2D eigenvalue weighted by atomic mass is 10.0. The quantitative estimate of drug-likeness (QED) is 0.151. The Balaban J connectivity index is 1.05. The second-order valence-corrected chi connectivity index (χ2v) is 16.0. The number of pyridine rings is 3. The summed E-state index contributed by atoms with van der Waals surface area (Å²) in [5.41, 5.74) is 15.8. The molecule has 0 N–H and O–H groups in total. The standard InChI is InChI=1S/C58H36N6/c1-59-45-18-12-17-42(31-45)50-34-58(64-54-22-11-9-20-47(54)49-28-24-41(33-56(49)64)44-26-30-52(61-36-44)39-15-6-3-7-16-39)62-37-57(50)63-53-21-10-8-19-46(53)48-27-23-40(32-55(48)63)43-25-29-51(60-35-43)38-13-4-2-5-14-38/h2-37H. The van der Waals surface area contributed by atoms with Crippen LogP contribution in [-0.4, -0.2) is 24.1 Å². The van der Waals surface area contributed by atoms with E-state index in [1.807, 2.05) is 73.2 Å². The fourth-order valence-electron chi connectivity index (χ4n) is 9.21. The van der Waals surface area contributed by atoms with E-state index in [4.69, 9.17) is 21.5 Å². The maximum atomic E-state index is 7.96. The maximum Gasteiger partial charge on any atom is 0.187 e. The van der Waals surface area contributed by atoms with E-state index < -0.39 is 0 Å². The molecule has 0 atom stereocenters. The number of fused-ring (bicyclic) bond motifs is 6. The molecule has 5 aromatic heterocycles. The average molecular weight is 817 g/mol. The molecule has 12 aromatic rings. The van der Waals surface area contributed by atoms with Gasteiger partial charge in [-0.05, 0) is 65.2 Å². The highest BCUT2D eigenvalue weighted by Gasteiger charge is 2.21. The first-order valence-electron chi connectivity index (χ1n) is 21.3. The van der Waals surface area contributed by atoms with E-state index >= 15 is 0 Å². The van der Waals surface area contributed by atoms with Crippen LogP contribution < -0.4 is 0 Å². The van der Waals surface area contributed by atoms with Crippen LogP contribution in [0.3, 0.4) is 0 Å². The summed E-state index contributed by atoms with van der Waals surface area (Å²) in [5.74, 6) is 0.777. The third-order valence-electron chi connectivity index (χ3n) is 12.3. The number of benzene rings is 7. The van der Waals surface area contributed by atoms with E-state index in [2.05, 4.69) is 160 Å². The summed E-state index contributed by atoms with van der Waals surface area (Å²) < 4.78 is 4.59. The molecule has 0 bridgehead atoms. The van der Waals surface area contributed by atoms with Gasteiger partial charge in [0.15, 0.2) is 5.69 Å². The number of para-hydroxylation sites is 2. The Labute approximate surface area is 369 Å². The van der Waals surface area contributed by atoms with Crippen molar-refractivity contribution < 1.29 is 0 Å². The minimum atomic E-state index is 0.575. The highest BCUT2D eigenvalue weighted by atomic mass is 15.1. The second-order valence-electron chi connectivity index (χ2n) is 16.0. The van der Waals surface area contributed by atoms with E-state index in [0.29, 0.717) is 5.69 Å². The first-order valence-corrected chi connectivity index (χ1v) is 21.3. The lowest BCUT2D eigenvalue weighted by Gasteiger charge is -2.17. The van der Waals surface area contributed by atoms with Crippen molar-refractivity contribution in [2.24, 2.45) is 0 Å². The number of nitrogens with zero attached hydrogens (tertiary/aromatic N) is 6. The highest BCUT2D eigenvalue weighted by molar-refractivity contribution is 6.12. The first kappa shape index (κ1) is 36.9. The summed E-state index contributed by atoms with van der Waals surface area (Å²) in [5, 5.41) is 4.56. The smallest absolute Gasteiger partial charge is 0.187 e. The molecule has 0 saturated heterocycles. The topological polar surface area (TPSA) is 52.9 Å². The van der Waals surface area contributed by atoms with Crippen molar-refractivity contribution in [3.8, 4) is 67.4 Å². The van der Waals surface area contributed by atoms with Crippen LogP contribution in [-0.2, 0) is 0 Å². The van der Waals surface area contributed by atoms with E-state index in [9.17, 15) is 0 Å². The SMILES string of the molecule is [C-]#[N+]c1cccc(-c2cc(-n3c4ccccc4c4ccc(-c5ccc(-c6ccccc6)nc5)cc43)ncc2-n2c3ccccc3c3ccc(-c4ccc(-c5ccccc5)nc4)cc32)c1. The minimum Gasteiger partial charge on any atom is -0.307 e. The van der Waals surface area contributed by atoms with Gasteiger partial charge in [0.05, 0.1) is 51.9 Å². The van der Waals surface area contributed by atoms with Gasteiger partial charge in [0, 0.05) is 61.8 Å². The van der Waals surface area contributed by atoms with Crippen LogP contribution in [0.2, 0.25) is 0 Å².